The first-order chi connectivity index (χ1) is 10.6. The summed E-state index contributed by atoms with van der Waals surface area (Å²) >= 11 is 0. The van der Waals surface area contributed by atoms with Crippen LogP contribution in [0.1, 0.15) is 11.7 Å². The number of hydrogen-bond acceptors (Lipinski definition) is 3. The summed E-state index contributed by atoms with van der Waals surface area (Å²) in [6, 6.07) is 14.2. The van der Waals surface area contributed by atoms with Crippen LogP contribution in [0.4, 0.5) is 10.1 Å². The Kier molecular flexibility index (Phi) is 5.21. The van der Waals surface area contributed by atoms with E-state index in [1.54, 1.807) is 36.4 Å². The van der Waals surface area contributed by atoms with Crippen molar-refractivity contribution in [2.75, 3.05) is 11.9 Å². The quantitative estimate of drug-likeness (QED) is 0.751. The topological polar surface area (TPSA) is 78.4 Å². The zero-order valence-electron chi connectivity index (χ0n) is 11.6. The molecule has 2 aromatic rings. The minimum atomic E-state index is -1.23. The highest BCUT2D eigenvalue weighted by molar-refractivity contribution is 6.39. The maximum absolute atomic E-state index is 13.5. The summed E-state index contributed by atoms with van der Waals surface area (Å²) in [5.41, 5.74) is 0.545. The van der Waals surface area contributed by atoms with Gasteiger partial charge in [0.05, 0.1) is 6.10 Å². The number of carbonyl (C=O) groups is 2. The van der Waals surface area contributed by atoms with Crippen LogP contribution in [-0.4, -0.2) is 23.5 Å². The molecule has 2 rings (SSSR count). The second-order valence-corrected chi connectivity index (χ2v) is 4.57. The second kappa shape index (κ2) is 7.33. The van der Waals surface area contributed by atoms with Gasteiger partial charge in [0.1, 0.15) is 5.82 Å². The highest BCUT2D eigenvalue weighted by Gasteiger charge is 2.17. The second-order valence-electron chi connectivity index (χ2n) is 4.57. The minimum absolute atomic E-state index is 0.0614. The van der Waals surface area contributed by atoms with Crippen molar-refractivity contribution >= 4 is 17.5 Å². The van der Waals surface area contributed by atoms with E-state index in [1.807, 2.05) is 0 Å². The maximum Gasteiger partial charge on any atom is 0.313 e. The van der Waals surface area contributed by atoms with Gasteiger partial charge in [0.25, 0.3) is 0 Å². The molecule has 6 heteroatoms. The van der Waals surface area contributed by atoms with Crippen molar-refractivity contribution in [3.05, 3.63) is 66.0 Å². The van der Waals surface area contributed by atoms with Crippen LogP contribution in [0.15, 0.2) is 54.6 Å². The summed E-state index contributed by atoms with van der Waals surface area (Å²) in [5.74, 6) is -2.33. The molecule has 0 aliphatic heterocycles. The van der Waals surface area contributed by atoms with E-state index >= 15 is 0 Å². The molecule has 1 unspecified atom stereocenters. The summed E-state index contributed by atoms with van der Waals surface area (Å²) in [7, 11) is 0. The Morgan fingerprint density at radius 3 is 2.32 bits per heavy atom. The van der Waals surface area contributed by atoms with Crippen LogP contribution in [0.3, 0.4) is 0 Å². The van der Waals surface area contributed by atoms with Gasteiger partial charge in [-0.05, 0) is 18.2 Å². The van der Waals surface area contributed by atoms with Gasteiger partial charge >= 0.3 is 11.8 Å². The van der Waals surface area contributed by atoms with E-state index < -0.39 is 23.7 Å². The fraction of sp³-hybridized carbons (Fsp3) is 0.125. The molecule has 3 N–H and O–H groups in total. The SMILES string of the molecule is O=C(NCC(O)c1ccccc1F)C(=O)Nc1ccccc1. The van der Waals surface area contributed by atoms with Gasteiger partial charge in [-0.25, -0.2) is 4.39 Å². The van der Waals surface area contributed by atoms with Gasteiger partial charge in [-0.1, -0.05) is 36.4 Å². The van der Waals surface area contributed by atoms with Gasteiger partial charge in [-0.15, -0.1) is 0 Å². The van der Waals surface area contributed by atoms with Crippen molar-refractivity contribution < 1.29 is 19.1 Å². The lowest BCUT2D eigenvalue weighted by atomic mass is 10.1. The molecule has 2 aromatic carbocycles. The Balaban J connectivity index is 1.87. The summed E-state index contributed by atoms with van der Waals surface area (Å²) in [5, 5.41) is 14.5. The lowest BCUT2D eigenvalue weighted by Gasteiger charge is -2.13. The Bertz CT molecular complexity index is 661. The third-order valence-electron chi connectivity index (χ3n) is 2.96. The van der Waals surface area contributed by atoms with E-state index in [-0.39, 0.29) is 12.1 Å². The number of rotatable bonds is 4. The molecule has 22 heavy (non-hydrogen) atoms. The van der Waals surface area contributed by atoms with Crippen LogP contribution in [0.2, 0.25) is 0 Å². The molecule has 0 bridgehead atoms. The van der Waals surface area contributed by atoms with Crippen molar-refractivity contribution in [2.45, 2.75) is 6.10 Å². The van der Waals surface area contributed by atoms with E-state index in [9.17, 15) is 19.1 Å². The average Bonchev–Trinajstić information content (AvgIpc) is 2.53. The van der Waals surface area contributed by atoms with E-state index in [0.717, 1.165) is 0 Å². The van der Waals surface area contributed by atoms with Gasteiger partial charge in [-0.2, -0.15) is 0 Å². The van der Waals surface area contributed by atoms with Crippen molar-refractivity contribution in [3.8, 4) is 0 Å². The van der Waals surface area contributed by atoms with E-state index in [0.29, 0.717) is 5.69 Å². The van der Waals surface area contributed by atoms with Crippen LogP contribution in [-0.2, 0) is 9.59 Å². The molecule has 0 saturated carbocycles. The first-order valence-corrected chi connectivity index (χ1v) is 6.64. The first-order valence-electron chi connectivity index (χ1n) is 6.64. The third kappa shape index (κ3) is 4.13. The smallest absolute Gasteiger partial charge is 0.313 e. The number of halogens is 1. The van der Waals surface area contributed by atoms with E-state index in [4.69, 9.17) is 0 Å². The lowest BCUT2D eigenvalue weighted by Crippen LogP contribution is -2.37. The first kappa shape index (κ1) is 15.7. The number of aliphatic hydroxyl groups is 1. The number of aliphatic hydroxyl groups excluding tert-OH is 1. The highest BCUT2D eigenvalue weighted by atomic mass is 19.1. The maximum atomic E-state index is 13.5. The Morgan fingerprint density at radius 1 is 1.00 bits per heavy atom. The number of anilines is 1. The molecular weight excluding hydrogens is 287 g/mol. The normalized spacial score (nSPS) is 11.5. The zero-order chi connectivity index (χ0) is 15.9. The molecule has 0 aliphatic rings. The monoisotopic (exact) mass is 302 g/mol. The third-order valence-corrected chi connectivity index (χ3v) is 2.96. The molecular formula is C16H15FN2O3. The number of nitrogens with one attached hydrogen (secondary N) is 2. The fourth-order valence-corrected chi connectivity index (χ4v) is 1.83. The predicted octanol–water partition coefficient (Wildman–Crippen LogP) is 1.61. The van der Waals surface area contributed by atoms with Crippen LogP contribution in [0.25, 0.3) is 0 Å². The molecule has 114 valence electrons. The summed E-state index contributed by atoms with van der Waals surface area (Å²) < 4.78 is 13.5. The summed E-state index contributed by atoms with van der Waals surface area (Å²) in [6.07, 6.45) is -1.23. The van der Waals surface area contributed by atoms with Gasteiger partial charge in [-0.3, -0.25) is 9.59 Å². The van der Waals surface area contributed by atoms with Crippen LogP contribution >= 0.6 is 0 Å². The number of para-hydroxylation sites is 1. The largest absolute Gasteiger partial charge is 0.386 e. The number of amides is 2. The van der Waals surface area contributed by atoms with Crippen molar-refractivity contribution in [2.24, 2.45) is 0 Å². The molecule has 0 saturated heterocycles. The van der Waals surface area contributed by atoms with Gasteiger partial charge in [0.15, 0.2) is 0 Å². The lowest BCUT2D eigenvalue weighted by molar-refractivity contribution is -0.136. The molecule has 0 fully saturated rings. The molecule has 0 heterocycles. The number of hydrogen-bond donors (Lipinski definition) is 3. The van der Waals surface area contributed by atoms with Gasteiger partial charge in [0, 0.05) is 17.8 Å². The summed E-state index contributed by atoms with van der Waals surface area (Å²) in [4.78, 5) is 23.3. The number of benzene rings is 2. The van der Waals surface area contributed by atoms with Crippen molar-refractivity contribution in [1.82, 2.24) is 5.32 Å². The predicted molar refractivity (Wildman–Crippen MR) is 79.4 cm³/mol. The molecule has 0 aliphatic carbocycles. The Hall–Kier alpha value is -2.73. The molecule has 1 atom stereocenters. The molecule has 5 nitrogen and oxygen atoms in total. The van der Waals surface area contributed by atoms with Crippen molar-refractivity contribution in [1.29, 1.82) is 0 Å². The summed E-state index contributed by atoms with van der Waals surface area (Å²) in [6.45, 7) is -0.262. The van der Waals surface area contributed by atoms with Crippen molar-refractivity contribution in [3.63, 3.8) is 0 Å². The number of carbonyl (C=O) groups excluding carboxylic acids is 2. The van der Waals surface area contributed by atoms with Crippen LogP contribution in [0, 0.1) is 5.82 Å². The van der Waals surface area contributed by atoms with Gasteiger partial charge < -0.3 is 15.7 Å². The van der Waals surface area contributed by atoms with E-state index in [1.165, 1.54) is 18.2 Å². The highest BCUT2D eigenvalue weighted by Crippen LogP contribution is 2.15. The Labute approximate surface area is 126 Å². The zero-order valence-corrected chi connectivity index (χ0v) is 11.6. The molecule has 0 radical (unpaired) electrons. The standard InChI is InChI=1S/C16H15FN2O3/c17-13-9-5-4-8-12(13)14(20)10-18-15(21)16(22)19-11-6-2-1-3-7-11/h1-9,14,20H,10H2,(H,18,21)(H,19,22). The van der Waals surface area contributed by atoms with Gasteiger partial charge in [0.2, 0.25) is 0 Å². The molecule has 2 amide bonds. The van der Waals surface area contributed by atoms with Crippen LogP contribution < -0.4 is 10.6 Å². The molecule has 0 spiro atoms. The Morgan fingerprint density at radius 2 is 1.64 bits per heavy atom. The molecule has 0 aromatic heterocycles. The fourth-order valence-electron chi connectivity index (χ4n) is 1.83. The average molecular weight is 302 g/mol. The van der Waals surface area contributed by atoms with E-state index in [2.05, 4.69) is 10.6 Å². The van der Waals surface area contributed by atoms with Crippen LogP contribution in [0.5, 0.6) is 0 Å². The minimum Gasteiger partial charge on any atom is -0.386 e.